The minimum absolute atomic E-state index is 0.197. The van der Waals surface area contributed by atoms with Crippen molar-refractivity contribution in [2.45, 2.75) is 25.4 Å². The van der Waals surface area contributed by atoms with Crippen LogP contribution >= 0.6 is 11.6 Å². The Morgan fingerprint density at radius 2 is 2.35 bits per heavy atom. The predicted octanol–water partition coefficient (Wildman–Crippen LogP) is 2.04. The Hall–Kier alpha value is -0.810. The second-order valence-corrected chi connectivity index (χ2v) is 5.49. The van der Waals surface area contributed by atoms with Gasteiger partial charge in [-0.1, -0.05) is 17.7 Å². The van der Waals surface area contributed by atoms with Crippen LogP contribution in [0.3, 0.4) is 0 Å². The van der Waals surface area contributed by atoms with E-state index < -0.39 is 0 Å². The van der Waals surface area contributed by atoms with E-state index in [9.17, 15) is 5.11 Å². The summed E-state index contributed by atoms with van der Waals surface area (Å²) in [6, 6.07) is 6.20. The highest BCUT2D eigenvalue weighted by atomic mass is 35.5. The quantitative estimate of drug-likeness (QED) is 0.756. The predicted molar refractivity (Wildman–Crippen MR) is 82.5 cm³/mol. The summed E-state index contributed by atoms with van der Waals surface area (Å²) in [4.78, 5) is 2.28. The molecule has 2 N–H and O–H groups in total. The maximum absolute atomic E-state index is 9.50. The van der Waals surface area contributed by atoms with Crippen molar-refractivity contribution >= 4 is 17.3 Å². The zero-order chi connectivity index (χ0) is 14.4. The first-order valence-electron chi connectivity index (χ1n) is 7.12. The molecule has 1 aliphatic heterocycles. The van der Waals surface area contributed by atoms with Crippen LogP contribution in [0.2, 0.25) is 5.02 Å². The molecule has 0 saturated carbocycles. The van der Waals surface area contributed by atoms with Gasteiger partial charge in [-0.3, -0.25) is 0 Å². The molecule has 20 heavy (non-hydrogen) atoms. The number of halogens is 1. The summed E-state index contributed by atoms with van der Waals surface area (Å²) in [5.41, 5.74) is 2.24. The average molecular weight is 299 g/mol. The fourth-order valence-electron chi connectivity index (χ4n) is 2.72. The number of hydrogen-bond acceptors (Lipinski definition) is 4. The number of nitrogens with zero attached hydrogens (tertiary/aromatic N) is 1. The highest BCUT2D eigenvalue weighted by Gasteiger charge is 2.26. The van der Waals surface area contributed by atoms with Crippen molar-refractivity contribution in [3.05, 3.63) is 28.8 Å². The number of nitrogens with one attached hydrogen (secondary N) is 1. The molecule has 0 bridgehead atoms. The molecule has 4 nitrogen and oxygen atoms in total. The van der Waals surface area contributed by atoms with E-state index in [2.05, 4.69) is 16.3 Å². The van der Waals surface area contributed by atoms with Crippen molar-refractivity contribution < 1.29 is 9.84 Å². The SMILES string of the molecule is COCCNCc1c(Cl)cccc1N1CCCC1CO. The molecule has 1 aliphatic rings. The van der Waals surface area contributed by atoms with Gasteiger partial charge >= 0.3 is 0 Å². The Bertz CT molecular complexity index is 428. The lowest BCUT2D eigenvalue weighted by atomic mass is 10.1. The van der Waals surface area contributed by atoms with E-state index in [1.165, 1.54) is 0 Å². The van der Waals surface area contributed by atoms with Gasteiger partial charge < -0.3 is 20.1 Å². The maximum Gasteiger partial charge on any atom is 0.0635 e. The summed E-state index contributed by atoms with van der Waals surface area (Å²) >= 11 is 6.35. The van der Waals surface area contributed by atoms with Gasteiger partial charge in [-0.25, -0.2) is 0 Å². The van der Waals surface area contributed by atoms with E-state index in [1.54, 1.807) is 7.11 Å². The van der Waals surface area contributed by atoms with Gasteiger partial charge in [0.2, 0.25) is 0 Å². The van der Waals surface area contributed by atoms with Crippen molar-refractivity contribution in [1.82, 2.24) is 5.32 Å². The van der Waals surface area contributed by atoms with Gasteiger partial charge in [0.25, 0.3) is 0 Å². The average Bonchev–Trinajstić information content (AvgIpc) is 2.93. The first kappa shape index (κ1) is 15.6. The Morgan fingerprint density at radius 1 is 1.50 bits per heavy atom. The molecule has 5 heteroatoms. The minimum Gasteiger partial charge on any atom is -0.394 e. The van der Waals surface area contributed by atoms with Gasteiger partial charge in [0.15, 0.2) is 0 Å². The van der Waals surface area contributed by atoms with Crippen LogP contribution in [0.15, 0.2) is 18.2 Å². The molecule has 1 heterocycles. The summed E-state index contributed by atoms with van der Waals surface area (Å²) < 4.78 is 5.04. The van der Waals surface area contributed by atoms with Crippen molar-refractivity contribution in [1.29, 1.82) is 0 Å². The highest BCUT2D eigenvalue weighted by molar-refractivity contribution is 6.31. The standard InChI is InChI=1S/C15H23ClN2O2/c1-20-9-7-17-10-13-14(16)5-2-6-15(13)18-8-3-4-12(18)11-19/h2,5-6,12,17,19H,3-4,7-11H2,1H3. The van der Waals surface area contributed by atoms with Crippen molar-refractivity contribution in [2.75, 3.05) is 38.3 Å². The minimum atomic E-state index is 0.197. The van der Waals surface area contributed by atoms with Crippen LogP contribution in [0.25, 0.3) is 0 Å². The van der Waals surface area contributed by atoms with E-state index >= 15 is 0 Å². The second-order valence-electron chi connectivity index (χ2n) is 5.08. The van der Waals surface area contributed by atoms with Crippen LogP contribution in [0.1, 0.15) is 18.4 Å². The van der Waals surface area contributed by atoms with Crippen LogP contribution in [0.5, 0.6) is 0 Å². The molecule has 1 fully saturated rings. The Kier molecular flexibility index (Phi) is 6.10. The van der Waals surface area contributed by atoms with Crippen LogP contribution in [0.4, 0.5) is 5.69 Å². The smallest absolute Gasteiger partial charge is 0.0635 e. The summed E-state index contributed by atoms with van der Waals surface area (Å²) in [6.45, 7) is 3.38. The normalized spacial score (nSPS) is 18.8. The number of aliphatic hydroxyl groups excluding tert-OH is 1. The van der Waals surface area contributed by atoms with Crippen LogP contribution < -0.4 is 10.2 Å². The highest BCUT2D eigenvalue weighted by Crippen LogP contribution is 2.32. The fraction of sp³-hybridized carbons (Fsp3) is 0.600. The molecule has 0 spiro atoms. The van der Waals surface area contributed by atoms with Gasteiger partial charge in [-0.2, -0.15) is 0 Å². The molecule has 1 aromatic rings. The third kappa shape index (κ3) is 3.64. The number of benzene rings is 1. The Labute approximate surface area is 125 Å². The molecule has 2 rings (SSSR count). The van der Waals surface area contributed by atoms with Gasteiger partial charge in [-0.15, -0.1) is 0 Å². The number of methoxy groups -OCH3 is 1. The molecule has 0 aliphatic carbocycles. The van der Waals surface area contributed by atoms with Crippen molar-refractivity contribution in [3.8, 4) is 0 Å². The Balaban J connectivity index is 2.13. The van der Waals surface area contributed by atoms with Crippen molar-refractivity contribution in [2.24, 2.45) is 0 Å². The first-order chi connectivity index (χ1) is 9.77. The van der Waals surface area contributed by atoms with Gasteiger partial charge in [0.1, 0.15) is 0 Å². The second kappa shape index (κ2) is 7.84. The van der Waals surface area contributed by atoms with Crippen molar-refractivity contribution in [3.63, 3.8) is 0 Å². The number of anilines is 1. The molecule has 1 unspecified atom stereocenters. The number of ether oxygens (including phenoxy) is 1. The largest absolute Gasteiger partial charge is 0.394 e. The lowest BCUT2D eigenvalue weighted by molar-refractivity contribution is 0.199. The van der Waals surface area contributed by atoms with Crippen LogP contribution in [-0.4, -0.2) is 44.6 Å². The third-order valence-corrected chi connectivity index (χ3v) is 4.13. The molecule has 1 aromatic carbocycles. The first-order valence-corrected chi connectivity index (χ1v) is 7.50. The number of rotatable bonds is 7. The zero-order valence-electron chi connectivity index (χ0n) is 11.9. The summed E-state index contributed by atoms with van der Waals surface area (Å²) in [5.74, 6) is 0. The lowest BCUT2D eigenvalue weighted by Gasteiger charge is -2.28. The Morgan fingerprint density at radius 3 is 3.10 bits per heavy atom. The monoisotopic (exact) mass is 298 g/mol. The molecule has 0 radical (unpaired) electrons. The molecule has 0 aromatic heterocycles. The van der Waals surface area contributed by atoms with E-state index in [0.29, 0.717) is 13.2 Å². The van der Waals surface area contributed by atoms with E-state index in [1.807, 2.05) is 12.1 Å². The van der Waals surface area contributed by atoms with Crippen LogP contribution in [-0.2, 0) is 11.3 Å². The fourth-order valence-corrected chi connectivity index (χ4v) is 2.96. The van der Waals surface area contributed by atoms with Crippen LogP contribution in [0, 0.1) is 0 Å². The number of hydrogen-bond donors (Lipinski definition) is 2. The molecule has 0 amide bonds. The van der Waals surface area contributed by atoms with E-state index in [-0.39, 0.29) is 12.6 Å². The van der Waals surface area contributed by atoms with Gasteiger partial charge in [0.05, 0.1) is 19.3 Å². The topological polar surface area (TPSA) is 44.7 Å². The molecule has 112 valence electrons. The summed E-state index contributed by atoms with van der Waals surface area (Å²) in [7, 11) is 1.69. The van der Waals surface area contributed by atoms with Gasteiger partial charge in [-0.05, 0) is 25.0 Å². The third-order valence-electron chi connectivity index (χ3n) is 3.78. The molecular weight excluding hydrogens is 276 g/mol. The number of aliphatic hydroxyl groups is 1. The summed E-state index contributed by atoms with van der Waals surface area (Å²) in [5, 5.41) is 13.6. The van der Waals surface area contributed by atoms with E-state index in [0.717, 1.165) is 42.2 Å². The molecule has 1 saturated heterocycles. The maximum atomic E-state index is 9.50. The van der Waals surface area contributed by atoms with Gasteiger partial charge in [0, 0.05) is 43.0 Å². The zero-order valence-corrected chi connectivity index (χ0v) is 12.7. The molecule has 1 atom stereocenters. The lowest BCUT2D eigenvalue weighted by Crippen LogP contribution is -2.33. The summed E-state index contributed by atoms with van der Waals surface area (Å²) in [6.07, 6.45) is 2.16. The molecular formula is C15H23ClN2O2. The van der Waals surface area contributed by atoms with E-state index in [4.69, 9.17) is 16.3 Å².